The van der Waals surface area contributed by atoms with Crippen molar-refractivity contribution in [2.24, 2.45) is 0 Å². The van der Waals surface area contributed by atoms with Crippen molar-refractivity contribution >= 4 is 10.8 Å². The van der Waals surface area contributed by atoms with Gasteiger partial charge in [0.1, 0.15) is 11.5 Å². The van der Waals surface area contributed by atoms with Gasteiger partial charge in [-0.3, -0.25) is 0 Å². The van der Waals surface area contributed by atoms with Crippen molar-refractivity contribution < 1.29 is 9.47 Å². The molecule has 0 saturated heterocycles. The molecule has 2 heteroatoms. The molecule has 0 fully saturated rings. The zero-order chi connectivity index (χ0) is 13.1. The molecule has 0 N–H and O–H groups in total. The largest absolute Gasteiger partial charge is 0.494 e. The molecule has 0 radical (unpaired) electrons. The predicted octanol–water partition coefficient (Wildman–Crippen LogP) is 4.25. The van der Waals surface area contributed by atoms with Crippen LogP contribution >= 0.6 is 0 Å². The van der Waals surface area contributed by atoms with Gasteiger partial charge in [0.15, 0.2) is 0 Å². The Bertz CT molecular complexity index is 512. The van der Waals surface area contributed by atoms with Crippen molar-refractivity contribution in [2.45, 2.75) is 27.7 Å². The van der Waals surface area contributed by atoms with E-state index in [1.54, 1.807) is 0 Å². The van der Waals surface area contributed by atoms with Gasteiger partial charge in [-0.1, -0.05) is 0 Å². The standard InChI is InChI=1S/C16H20O2/c1-5-17-15-9-14-10-16(18-6-2)12(4)8-13(14)7-11(15)3/h7-10H,5-6H2,1-4H3. The van der Waals surface area contributed by atoms with Crippen molar-refractivity contribution in [2.75, 3.05) is 13.2 Å². The van der Waals surface area contributed by atoms with Crippen molar-refractivity contribution in [1.29, 1.82) is 0 Å². The lowest BCUT2D eigenvalue weighted by atomic mass is 10.0. The first-order valence-corrected chi connectivity index (χ1v) is 6.46. The summed E-state index contributed by atoms with van der Waals surface area (Å²) in [5.41, 5.74) is 2.35. The van der Waals surface area contributed by atoms with Gasteiger partial charge in [0.05, 0.1) is 13.2 Å². The fourth-order valence-corrected chi connectivity index (χ4v) is 2.16. The first kappa shape index (κ1) is 12.7. The highest BCUT2D eigenvalue weighted by atomic mass is 16.5. The minimum absolute atomic E-state index is 0.691. The van der Waals surface area contributed by atoms with E-state index >= 15 is 0 Å². The van der Waals surface area contributed by atoms with Gasteiger partial charge in [-0.2, -0.15) is 0 Å². The third kappa shape index (κ3) is 2.42. The number of fused-ring (bicyclic) bond motifs is 1. The van der Waals surface area contributed by atoms with E-state index in [0.717, 1.165) is 16.9 Å². The summed E-state index contributed by atoms with van der Waals surface area (Å²) in [6.45, 7) is 9.55. The minimum atomic E-state index is 0.691. The van der Waals surface area contributed by atoms with Crippen LogP contribution in [0.3, 0.4) is 0 Å². The Balaban J connectivity index is 2.56. The molecule has 0 amide bonds. The SMILES string of the molecule is CCOc1cc2cc(OCC)c(C)cc2cc1C. The Hall–Kier alpha value is -1.70. The number of aryl methyl sites for hydroxylation is 2. The lowest BCUT2D eigenvalue weighted by Gasteiger charge is -2.12. The van der Waals surface area contributed by atoms with Gasteiger partial charge < -0.3 is 9.47 Å². The van der Waals surface area contributed by atoms with Crippen LogP contribution in [0.4, 0.5) is 0 Å². The zero-order valence-electron chi connectivity index (χ0n) is 11.5. The third-order valence-corrected chi connectivity index (χ3v) is 3.03. The Kier molecular flexibility index (Phi) is 3.75. The summed E-state index contributed by atoms with van der Waals surface area (Å²) in [5, 5.41) is 2.40. The fraction of sp³-hybridized carbons (Fsp3) is 0.375. The molecule has 2 aromatic rings. The second-order valence-corrected chi connectivity index (χ2v) is 4.45. The molecule has 2 rings (SSSR count). The van der Waals surface area contributed by atoms with Crippen molar-refractivity contribution in [3.63, 3.8) is 0 Å². The highest BCUT2D eigenvalue weighted by Gasteiger charge is 2.06. The molecule has 96 valence electrons. The lowest BCUT2D eigenvalue weighted by molar-refractivity contribution is 0.337. The van der Waals surface area contributed by atoms with Crippen molar-refractivity contribution in [3.8, 4) is 11.5 Å². The summed E-state index contributed by atoms with van der Waals surface area (Å²) in [4.78, 5) is 0. The van der Waals surface area contributed by atoms with Crippen molar-refractivity contribution in [1.82, 2.24) is 0 Å². The van der Waals surface area contributed by atoms with Crippen LogP contribution in [0, 0.1) is 13.8 Å². The highest BCUT2D eigenvalue weighted by Crippen LogP contribution is 2.30. The van der Waals surface area contributed by atoms with Gasteiger partial charge in [0.25, 0.3) is 0 Å². The summed E-state index contributed by atoms with van der Waals surface area (Å²) in [6.07, 6.45) is 0. The van der Waals surface area contributed by atoms with Gasteiger partial charge in [0.2, 0.25) is 0 Å². The summed E-state index contributed by atoms with van der Waals surface area (Å²) in [7, 11) is 0. The summed E-state index contributed by atoms with van der Waals surface area (Å²) in [6, 6.07) is 8.53. The molecule has 0 spiro atoms. The molecular weight excluding hydrogens is 224 g/mol. The van der Waals surface area contributed by atoms with E-state index < -0.39 is 0 Å². The molecule has 0 aliphatic rings. The second-order valence-electron chi connectivity index (χ2n) is 4.45. The summed E-state index contributed by atoms with van der Waals surface area (Å²) in [5.74, 6) is 1.91. The highest BCUT2D eigenvalue weighted by molar-refractivity contribution is 5.87. The van der Waals surface area contributed by atoms with Gasteiger partial charge in [-0.15, -0.1) is 0 Å². The Morgan fingerprint density at radius 1 is 0.722 bits per heavy atom. The molecule has 18 heavy (non-hydrogen) atoms. The maximum atomic E-state index is 5.63. The molecule has 0 heterocycles. The summed E-state index contributed by atoms with van der Waals surface area (Å²) >= 11 is 0. The number of rotatable bonds is 4. The molecule has 0 aliphatic carbocycles. The molecule has 0 unspecified atom stereocenters. The van der Waals surface area contributed by atoms with Crippen LogP contribution in [0.25, 0.3) is 10.8 Å². The van der Waals surface area contributed by atoms with Crippen LogP contribution in [0.2, 0.25) is 0 Å². The van der Waals surface area contributed by atoms with Crippen LogP contribution in [-0.2, 0) is 0 Å². The van der Waals surface area contributed by atoms with Crippen LogP contribution in [-0.4, -0.2) is 13.2 Å². The topological polar surface area (TPSA) is 18.5 Å². The lowest BCUT2D eigenvalue weighted by Crippen LogP contribution is -1.96. The van der Waals surface area contributed by atoms with Gasteiger partial charge in [0, 0.05) is 0 Å². The quantitative estimate of drug-likeness (QED) is 0.800. The number of hydrogen-bond donors (Lipinski definition) is 0. The third-order valence-electron chi connectivity index (χ3n) is 3.03. The number of ether oxygens (including phenoxy) is 2. The van der Waals surface area contributed by atoms with Crippen LogP contribution in [0.5, 0.6) is 11.5 Å². The van der Waals surface area contributed by atoms with E-state index in [0.29, 0.717) is 13.2 Å². The van der Waals surface area contributed by atoms with Gasteiger partial charge in [-0.25, -0.2) is 0 Å². The van der Waals surface area contributed by atoms with E-state index in [-0.39, 0.29) is 0 Å². The molecule has 2 aromatic carbocycles. The maximum Gasteiger partial charge on any atom is 0.122 e. The monoisotopic (exact) mass is 244 g/mol. The van der Waals surface area contributed by atoms with Crippen LogP contribution in [0.1, 0.15) is 25.0 Å². The normalized spacial score (nSPS) is 10.7. The summed E-state index contributed by atoms with van der Waals surface area (Å²) < 4.78 is 11.3. The molecule has 0 saturated carbocycles. The van der Waals surface area contributed by atoms with E-state index in [9.17, 15) is 0 Å². The molecule has 0 aromatic heterocycles. The second kappa shape index (κ2) is 5.30. The van der Waals surface area contributed by atoms with E-state index in [2.05, 4.69) is 38.1 Å². The fourth-order valence-electron chi connectivity index (χ4n) is 2.16. The average Bonchev–Trinajstić information content (AvgIpc) is 2.33. The first-order chi connectivity index (χ1) is 8.65. The maximum absolute atomic E-state index is 5.63. The minimum Gasteiger partial charge on any atom is -0.494 e. The van der Waals surface area contributed by atoms with E-state index in [1.165, 1.54) is 16.5 Å². The van der Waals surface area contributed by atoms with Crippen LogP contribution in [0.15, 0.2) is 24.3 Å². The zero-order valence-corrected chi connectivity index (χ0v) is 11.5. The predicted molar refractivity (Wildman–Crippen MR) is 75.8 cm³/mol. The van der Waals surface area contributed by atoms with Gasteiger partial charge >= 0.3 is 0 Å². The Labute approximate surface area is 109 Å². The molecule has 0 atom stereocenters. The molecule has 0 bridgehead atoms. The average molecular weight is 244 g/mol. The van der Waals surface area contributed by atoms with Gasteiger partial charge in [-0.05, 0) is 73.9 Å². The number of benzene rings is 2. The van der Waals surface area contributed by atoms with Crippen molar-refractivity contribution in [3.05, 3.63) is 35.4 Å². The first-order valence-electron chi connectivity index (χ1n) is 6.46. The van der Waals surface area contributed by atoms with E-state index in [1.807, 2.05) is 13.8 Å². The molecular formula is C16H20O2. The number of hydrogen-bond acceptors (Lipinski definition) is 2. The smallest absolute Gasteiger partial charge is 0.122 e. The van der Waals surface area contributed by atoms with E-state index in [4.69, 9.17) is 9.47 Å². The van der Waals surface area contributed by atoms with Crippen LogP contribution < -0.4 is 9.47 Å². The Morgan fingerprint density at radius 2 is 1.11 bits per heavy atom. The Morgan fingerprint density at radius 3 is 1.50 bits per heavy atom. The molecule has 2 nitrogen and oxygen atoms in total. The molecule has 0 aliphatic heterocycles.